The zero-order chi connectivity index (χ0) is 9.84. The minimum absolute atomic E-state index is 0.196. The van der Waals surface area contributed by atoms with Gasteiger partial charge in [-0.15, -0.1) is 0 Å². The van der Waals surface area contributed by atoms with Crippen LogP contribution in [0.2, 0.25) is 0 Å². The fourth-order valence-electron chi connectivity index (χ4n) is 1.09. The van der Waals surface area contributed by atoms with E-state index in [4.69, 9.17) is 0 Å². The highest BCUT2D eigenvalue weighted by molar-refractivity contribution is 7.10. The lowest BCUT2D eigenvalue weighted by Gasteiger charge is -2.08. The van der Waals surface area contributed by atoms with E-state index in [1.165, 1.54) is 5.56 Å². The van der Waals surface area contributed by atoms with E-state index in [0.29, 0.717) is 0 Å². The normalized spacial score (nSPS) is 12.2. The molecule has 0 heterocycles. The van der Waals surface area contributed by atoms with Gasteiger partial charge in [0.25, 0.3) is 0 Å². The van der Waals surface area contributed by atoms with Gasteiger partial charge in [0.1, 0.15) is 0 Å². The molecule has 0 aromatic heterocycles. The zero-order valence-corrected chi connectivity index (χ0v) is 8.94. The molecule has 0 bridgehead atoms. The Morgan fingerprint density at radius 1 is 1.38 bits per heavy atom. The van der Waals surface area contributed by atoms with Crippen molar-refractivity contribution < 1.29 is 9.32 Å². The third-order valence-electron chi connectivity index (χ3n) is 2.05. The molecule has 1 rings (SSSR count). The molecule has 0 amide bonds. The number of carbonyl (C=O) groups is 1. The Morgan fingerprint density at radius 2 is 1.92 bits per heavy atom. The van der Waals surface area contributed by atoms with Crippen molar-refractivity contribution in [1.29, 1.82) is 0 Å². The van der Waals surface area contributed by atoms with Gasteiger partial charge < -0.3 is 4.52 Å². The van der Waals surface area contributed by atoms with Crippen LogP contribution in [-0.4, -0.2) is 5.97 Å². The molecule has 0 fully saturated rings. The molecule has 2 nitrogen and oxygen atoms in total. The number of aryl methyl sites for hydroxylation is 1. The van der Waals surface area contributed by atoms with E-state index in [1.807, 2.05) is 47.6 Å². The molecule has 70 valence electrons. The van der Waals surface area contributed by atoms with Crippen molar-refractivity contribution in [3.8, 4) is 0 Å². The molecule has 0 saturated carbocycles. The van der Waals surface area contributed by atoms with Gasteiger partial charge in [0, 0.05) is 0 Å². The van der Waals surface area contributed by atoms with Crippen LogP contribution in [0.25, 0.3) is 0 Å². The van der Waals surface area contributed by atoms with Crippen LogP contribution in [-0.2, 0) is 9.32 Å². The van der Waals surface area contributed by atoms with Crippen molar-refractivity contribution in [3.05, 3.63) is 35.4 Å². The summed E-state index contributed by atoms with van der Waals surface area (Å²) in [5.74, 6) is -0.424. The Kier molecular flexibility index (Phi) is 3.44. The highest BCUT2D eigenvalue weighted by Crippen LogP contribution is 2.18. The van der Waals surface area contributed by atoms with E-state index in [1.54, 1.807) is 0 Å². The van der Waals surface area contributed by atoms with Crippen molar-refractivity contribution in [1.82, 2.24) is 0 Å². The monoisotopic (exact) mass is 196 g/mol. The first-order valence-corrected chi connectivity index (χ1v) is 4.59. The fourth-order valence-corrected chi connectivity index (χ4v) is 1.30. The predicted molar refractivity (Wildman–Crippen MR) is 55.4 cm³/mol. The lowest BCUT2D eigenvalue weighted by molar-refractivity contribution is -0.134. The summed E-state index contributed by atoms with van der Waals surface area (Å²) in [4.78, 5) is 11.2. The number of rotatable bonds is 2. The third kappa shape index (κ3) is 2.53. The summed E-state index contributed by atoms with van der Waals surface area (Å²) in [6.45, 7) is 3.85. The molecule has 1 aromatic carbocycles. The Bertz CT molecular complexity index is 292. The molecule has 0 N–H and O–H groups in total. The highest BCUT2D eigenvalue weighted by atomic mass is 31.0. The summed E-state index contributed by atoms with van der Waals surface area (Å²) in [6, 6.07) is 7.87. The van der Waals surface area contributed by atoms with Gasteiger partial charge in [0.2, 0.25) is 0 Å². The molecule has 0 radical (unpaired) electrons. The minimum Gasteiger partial charge on any atom is -0.451 e. The summed E-state index contributed by atoms with van der Waals surface area (Å²) in [7, 11) is 1.97. The minimum atomic E-state index is -0.228. The Hall–Kier alpha value is -0.880. The van der Waals surface area contributed by atoms with Crippen LogP contribution in [0.5, 0.6) is 0 Å². The van der Waals surface area contributed by atoms with Crippen LogP contribution in [0, 0.1) is 6.92 Å². The maximum Gasteiger partial charge on any atom is 0.315 e. The van der Waals surface area contributed by atoms with Gasteiger partial charge in [-0.1, -0.05) is 29.8 Å². The number of benzene rings is 1. The van der Waals surface area contributed by atoms with Crippen molar-refractivity contribution in [2.75, 3.05) is 0 Å². The lowest BCUT2D eigenvalue weighted by atomic mass is 10.0. The van der Waals surface area contributed by atoms with Gasteiger partial charge >= 0.3 is 5.97 Å². The van der Waals surface area contributed by atoms with Crippen molar-refractivity contribution >= 4 is 15.4 Å². The Morgan fingerprint density at radius 3 is 2.38 bits per heavy atom. The number of hydrogen-bond acceptors (Lipinski definition) is 2. The molecule has 2 atom stereocenters. The predicted octanol–water partition coefficient (Wildman–Crippen LogP) is 2.43. The molecule has 0 aliphatic heterocycles. The van der Waals surface area contributed by atoms with E-state index in [0.717, 1.165) is 5.56 Å². The molecular weight excluding hydrogens is 183 g/mol. The maximum absolute atomic E-state index is 11.2. The van der Waals surface area contributed by atoms with Crippen molar-refractivity contribution in [3.63, 3.8) is 0 Å². The van der Waals surface area contributed by atoms with Crippen LogP contribution >= 0.6 is 9.47 Å². The van der Waals surface area contributed by atoms with Crippen molar-refractivity contribution in [2.24, 2.45) is 0 Å². The summed E-state index contributed by atoms with van der Waals surface area (Å²) in [5, 5.41) is 0. The summed E-state index contributed by atoms with van der Waals surface area (Å²) < 4.78 is 4.57. The molecule has 2 unspecified atom stereocenters. The molecule has 1 aromatic rings. The van der Waals surface area contributed by atoms with Crippen LogP contribution in [0.1, 0.15) is 24.0 Å². The van der Waals surface area contributed by atoms with Gasteiger partial charge in [-0.2, -0.15) is 0 Å². The van der Waals surface area contributed by atoms with Crippen LogP contribution in [0.3, 0.4) is 0 Å². The smallest absolute Gasteiger partial charge is 0.315 e. The average molecular weight is 196 g/mol. The summed E-state index contributed by atoms with van der Waals surface area (Å²) >= 11 is 0. The van der Waals surface area contributed by atoms with E-state index < -0.39 is 0 Å². The first kappa shape index (κ1) is 10.2. The molecular formula is C10H13O2P. The number of carbonyl (C=O) groups excluding carboxylic acids is 1. The first-order chi connectivity index (χ1) is 6.15. The van der Waals surface area contributed by atoms with E-state index >= 15 is 0 Å². The number of hydrogen-bond donors (Lipinski definition) is 0. The largest absolute Gasteiger partial charge is 0.451 e. The Balaban J connectivity index is 2.83. The SMILES string of the molecule is Cc1ccc(C(C)C(=O)OP)cc1. The highest BCUT2D eigenvalue weighted by Gasteiger charge is 2.14. The van der Waals surface area contributed by atoms with Gasteiger partial charge in [-0.25, -0.2) is 0 Å². The topological polar surface area (TPSA) is 26.3 Å². The molecule has 0 saturated heterocycles. The lowest BCUT2D eigenvalue weighted by Crippen LogP contribution is -2.08. The van der Waals surface area contributed by atoms with E-state index in [2.05, 4.69) is 4.52 Å². The summed E-state index contributed by atoms with van der Waals surface area (Å²) in [6.07, 6.45) is 0. The average Bonchev–Trinajstić information content (AvgIpc) is 2.17. The van der Waals surface area contributed by atoms with Crippen LogP contribution < -0.4 is 0 Å². The molecule has 3 heteroatoms. The molecule has 0 aliphatic rings. The third-order valence-corrected chi connectivity index (χ3v) is 2.28. The van der Waals surface area contributed by atoms with Gasteiger partial charge in [-0.3, -0.25) is 4.79 Å². The second-order valence-corrected chi connectivity index (χ2v) is 3.30. The van der Waals surface area contributed by atoms with Gasteiger partial charge in [0.05, 0.1) is 15.4 Å². The molecule has 0 spiro atoms. The summed E-state index contributed by atoms with van der Waals surface area (Å²) in [5.41, 5.74) is 2.17. The van der Waals surface area contributed by atoms with Crippen LogP contribution in [0.4, 0.5) is 0 Å². The zero-order valence-electron chi connectivity index (χ0n) is 7.78. The second kappa shape index (κ2) is 4.38. The standard InChI is InChI=1S/C10H13O2P/c1-7-3-5-9(6-4-7)8(2)10(11)12-13/h3-6,8H,13H2,1-2H3. The molecule has 13 heavy (non-hydrogen) atoms. The van der Waals surface area contributed by atoms with E-state index in [9.17, 15) is 4.79 Å². The molecule has 0 aliphatic carbocycles. The second-order valence-electron chi connectivity index (χ2n) is 3.07. The Labute approximate surface area is 80.6 Å². The van der Waals surface area contributed by atoms with Gasteiger partial charge in [0.15, 0.2) is 0 Å². The maximum atomic E-state index is 11.2. The van der Waals surface area contributed by atoms with Crippen molar-refractivity contribution in [2.45, 2.75) is 19.8 Å². The fraction of sp³-hybridized carbons (Fsp3) is 0.300. The van der Waals surface area contributed by atoms with Crippen LogP contribution in [0.15, 0.2) is 24.3 Å². The van der Waals surface area contributed by atoms with Gasteiger partial charge in [-0.05, 0) is 19.4 Å². The first-order valence-electron chi connectivity index (χ1n) is 4.12. The van der Waals surface area contributed by atoms with E-state index in [-0.39, 0.29) is 11.9 Å². The quantitative estimate of drug-likeness (QED) is 0.679.